The van der Waals surface area contributed by atoms with Crippen LogP contribution in [0.25, 0.3) is 0 Å². The van der Waals surface area contributed by atoms with Gasteiger partial charge in [0.25, 0.3) is 0 Å². The first-order valence-corrected chi connectivity index (χ1v) is 6.64. The minimum absolute atomic E-state index is 0.319. The van der Waals surface area contributed by atoms with Gasteiger partial charge in [-0.2, -0.15) is 0 Å². The SMILES string of the molecule is N[C@@H]1CCCC[C@H]1NCc1ccnc(Br)c1. The summed E-state index contributed by atoms with van der Waals surface area (Å²) in [5.41, 5.74) is 7.34. The molecule has 0 unspecified atom stereocenters. The van der Waals surface area contributed by atoms with Crippen molar-refractivity contribution >= 4 is 15.9 Å². The minimum atomic E-state index is 0.319. The third-order valence-corrected chi connectivity index (χ3v) is 3.61. The Morgan fingerprint density at radius 2 is 2.25 bits per heavy atom. The Morgan fingerprint density at radius 1 is 1.44 bits per heavy atom. The first-order chi connectivity index (χ1) is 7.75. The van der Waals surface area contributed by atoms with Crippen LogP contribution in [0.1, 0.15) is 31.2 Å². The van der Waals surface area contributed by atoms with E-state index in [2.05, 4.69) is 26.2 Å². The molecule has 0 radical (unpaired) electrons. The summed E-state index contributed by atoms with van der Waals surface area (Å²) in [6.07, 6.45) is 6.75. The average molecular weight is 284 g/mol. The Bertz CT molecular complexity index is 343. The Labute approximate surface area is 105 Å². The van der Waals surface area contributed by atoms with E-state index in [4.69, 9.17) is 5.73 Å². The summed E-state index contributed by atoms with van der Waals surface area (Å²) in [5, 5.41) is 3.54. The number of halogens is 1. The monoisotopic (exact) mass is 283 g/mol. The third-order valence-electron chi connectivity index (χ3n) is 3.18. The number of hydrogen-bond acceptors (Lipinski definition) is 3. The van der Waals surface area contributed by atoms with E-state index in [-0.39, 0.29) is 0 Å². The zero-order valence-corrected chi connectivity index (χ0v) is 10.9. The molecule has 1 aliphatic carbocycles. The van der Waals surface area contributed by atoms with Gasteiger partial charge in [0.2, 0.25) is 0 Å². The zero-order chi connectivity index (χ0) is 11.4. The van der Waals surface area contributed by atoms with Crippen molar-refractivity contribution in [2.45, 2.75) is 44.3 Å². The molecule has 2 atom stereocenters. The van der Waals surface area contributed by atoms with Gasteiger partial charge in [-0.1, -0.05) is 12.8 Å². The summed E-state index contributed by atoms with van der Waals surface area (Å²) in [6.45, 7) is 0.874. The van der Waals surface area contributed by atoms with Gasteiger partial charge in [0.05, 0.1) is 0 Å². The van der Waals surface area contributed by atoms with Crippen molar-refractivity contribution < 1.29 is 0 Å². The molecular weight excluding hydrogens is 266 g/mol. The fourth-order valence-corrected chi connectivity index (χ4v) is 2.63. The van der Waals surface area contributed by atoms with Crippen molar-refractivity contribution in [2.75, 3.05) is 0 Å². The second kappa shape index (κ2) is 5.75. The van der Waals surface area contributed by atoms with Crippen molar-refractivity contribution in [2.24, 2.45) is 5.73 Å². The normalized spacial score (nSPS) is 25.6. The molecule has 1 aliphatic rings. The second-order valence-corrected chi connectivity index (χ2v) is 5.23. The van der Waals surface area contributed by atoms with E-state index in [0.29, 0.717) is 12.1 Å². The number of nitrogens with one attached hydrogen (secondary N) is 1. The Hall–Kier alpha value is -0.450. The number of pyridine rings is 1. The Balaban J connectivity index is 1.86. The molecule has 4 heteroatoms. The maximum atomic E-state index is 6.09. The van der Waals surface area contributed by atoms with Crippen LogP contribution in [0.15, 0.2) is 22.9 Å². The highest BCUT2D eigenvalue weighted by atomic mass is 79.9. The molecule has 0 saturated heterocycles. The lowest BCUT2D eigenvalue weighted by atomic mass is 9.91. The van der Waals surface area contributed by atoms with E-state index in [1.807, 2.05) is 18.3 Å². The van der Waals surface area contributed by atoms with Crippen LogP contribution in [0.2, 0.25) is 0 Å². The molecule has 0 aliphatic heterocycles. The van der Waals surface area contributed by atoms with Crippen LogP contribution >= 0.6 is 15.9 Å². The van der Waals surface area contributed by atoms with Crippen LogP contribution in [0, 0.1) is 0 Å². The Morgan fingerprint density at radius 3 is 3.00 bits per heavy atom. The zero-order valence-electron chi connectivity index (χ0n) is 9.32. The molecule has 0 bridgehead atoms. The first kappa shape index (κ1) is 12.0. The molecule has 0 spiro atoms. The predicted molar refractivity (Wildman–Crippen MR) is 69.0 cm³/mol. The van der Waals surface area contributed by atoms with Crippen molar-refractivity contribution in [3.63, 3.8) is 0 Å². The lowest BCUT2D eigenvalue weighted by Gasteiger charge is -2.29. The van der Waals surface area contributed by atoms with E-state index in [0.717, 1.165) is 17.6 Å². The lowest BCUT2D eigenvalue weighted by Crippen LogP contribution is -2.46. The molecule has 0 amide bonds. The number of rotatable bonds is 3. The maximum Gasteiger partial charge on any atom is 0.106 e. The second-order valence-electron chi connectivity index (χ2n) is 4.42. The van der Waals surface area contributed by atoms with Gasteiger partial charge < -0.3 is 11.1 Å². The molecule has 0 aromatic carbocycles. The molecule has 88 valence electrons. The number of nitrogens with two attached hydrogens (primary N) is 1. The van der Waals surface area contributed by atoms with Crippen molar-refractivity contribution in [1.29, 1.82) is 0 Å². The summed E-state index contributed by atoms with van der Waals surface area (Å²) < 4.78 is 0.889. The minimum Gasteiger partial charge on any atom is -0.326 e. The molecule has 1 heterocycles. The van der Waals surface area contributed by atoms with Crippen molar-refractivity contribution in [3.8, 4) is 0 Å². The quantitative estimate of drug-likeness (QED) is 0.837. The van der Waals surface area contributed by atoms with Crippen molar-refractivity contribution in [3.05, 3.63) is 28.5 Å². The Kier molecular flexibility index (Phi) is 4.32. The molecule has 3 nitrogen and oxygen atoms in total. The largest absolute Gasteiger partial charge is 0.326 e. The third kappa shape index (κ3) is 3.27. The van der Waals surface area contributed by atoms with Crippen molar-refractivity contribution in [1.82, 2.24) is 10.3 Å². The van der Waals surface area contributed by atoms with E-state index < -0.39 is 0 Å². The highest BCUT2D eigenvalue weighted by Gasteiger charge is 2.20. The van der Waals surface area contributed by atoms with Gasteiger partial charge >= 0.3 is 0 Å². The van der Waals surface area contributed by atoms with Crippen LogP contribution in [-0.2, 0) is 6.54 Å². The number of nitrogens with zero attached hydrogens (tertiary/aromatic N) is 1. The van der Waals surface area contributed by atoms with Crippen LogP contribution in [0.4, 0.5) is 0 Å². The van der Waals surface area contributed by atoms with E-state index in [9.17, 15) is 0 Å². The molecule has 1 aromatic heterocycles. The summed E-state index contributed by atoms with van der Waals surface area (Å²) in [5.74, 6) is 0. The molecule has 2 rings (SSSR count). The predicted octanol–water partition coefficient (Wildman–Crippen LogP) is 2.20. The molecule has 1 aromatic rings. The summed E-state index contributed by atoms with van der Waals surface area (Å²) >= 11 is 3.38. The van der Waals surface area contributed by atoms with Gasteiger partial charge in [-0.15, -0.1) is 0 Å². The summed E-state index contributed by atoms with van der Waals surface area (Å²) in [7, 11) is 0. The fourth-order valence-electron chi connectivity index (χ4n) is 2.21. The van der Waals surface area contributed by atoms with Gasteiger partial charge in [0, 0.05) is 24.8 Å². The standard InChI is InChI=1S/C12H18BrN3/c13-12-7-9(5-6-15-12)8-16-11-4-2-1-3-10(11)14/h5-7,10-11,16H,1-4,8,14H2/t10-,11-/m1/s1. The van der Waals surface area contributed by atoms with E-state index in [1.54, 1.807) is 0 Å². The maximum absolute atomic E-state index is 6.09. The van der Waals surface area contributed by atoms with Gasteiger partial charge in [0.1, 0.15) is 4.60 Å². The summed E-state index contributed by atoms with van der Waals surface area (Å²) in [6, 6.07) is 4.87. The summed E-state index contributed by atoms with van der Waals surface area (Å²) in [4.78, 5) is 4.11. The van der Waals surface area contributed by atoms with E-state index >= 15 is 0 Å². The lowest BCUT2D eigenvalue weighted by molar-refractivity contribution is 0.326. The van der Waals surface area contributed by atoms with Gasteiger partial charge in [-0.25, -0.2) is 4.98 Å². The van der Waals surface area contributed by atoms with Crippen LogP contribution < -0.4 is 11.1 Å². The van der Waals surface area contributed by atoms with Gasteiger partial charge in [0.15, 0.2) is 0 Å². The first-order valence-electron chi connectivity index (χ1n) is 5.85. The van der Waals surface area contributed by atoms with Crippen LogP contribution in [0.3, 0.4) is 0 Å². The average Bonchev–Trinajstić information content (AvgIpc) is 2.28. The van der Waals surface area contributed by atoms with Gasteiger partial charge in [-0.05, 0) is 46.5 Å². The van der Waals surface area contributed by atoms with Crippen LogP contribution in [-0.4, -0.2) is 17.1 Å². The topological polar surface area (TPSA) is 50.9 Å². The highest BCUT2D eigenvalue weighted by Crippen LogP contribution is 2.17. The fraction of sp³-hybridized carbons (Fsp3) is 0.583. The smallest absolute Gasteiger partial charge is 0.106 e. The molecule has 16 heavy (non-hydrogen) atoms. The highest BCUT2D eigenvalue weighted by molar-refractivity contribution is 9.10. The van der Waals surface area contributed by atoms with E-state index in [1.165, 1.54) is 24.8 Å². The molecular formula is C12H18BrN3. The molecule has 3 N–H and O–H groups in total. The number of hydrogen-bond donors (Lipinski definition) is 2. The molecule has 1 fully saturated rings. The molecule has 1 saturated carbocycles. The number of aromatic nitrogens is 1. The van der Waals surface area contributed by atoms with Gasteiger partial charge in [-0.3, -0.25) is 0 Å². The van der Waals surface area contributed by atoms with Crippen LogP contribution in [0.5, 0.6) is 0 Å².